The minimum atomic E-state index is 0.771. The summed E-state index contributed by atoms with van der Waals surface area (Å²) in [5.41, 5.74) is 0.977. The Balaban J connectivity index is 2.29. The van der Waals surface area contributed by atoms with E-state index in [1.807, 2.05) is 16.8 Å². The zero-order chi connectivity index (χ0) is 9.80. The molecule has 2 heterocycles. The van der Waals surface area contributed by atoms with Gasteiger partial charge in [-0.15, -0.1) is 6.58 Å². The Kier molecular flexibility index (Phi) is 2.36. The molecule has 0 amide bonds. The van der Waals surface area contributed by atoms with Gasteiger partial charge in [-0.05, 0) is 0 Å². The summed E-state index contributed by atoms with van der Waals surface area (Å²) in [5.74, 6) is 0.773. The highest BCUT2D eigenvalue weighted by molar-refractivity contribution is 5.19. The van der Waals surface area contributed by atoms with E-state index in [-0.39, 0.29) is 0 Å². The lowest BCUT2D eigenvalue weighted by Gasteiger charge is -1.97. The minimum absolute atomic E-state index is 0.771. The third-order valence-corrected chi connectivity index (χ3v) is 1.80. The second-order valence-corrected chi connectivity index (χ2v) is 2.83. The molecule has 0 bridgehead atoms. The predicted octanol–water partition coefficient (Wildman–Crippen LogP) is 1.39. The summed E-state index contributed by atoms with van der Waals surface area (Å²) in [6, 6.07) is 0. The van der Waals surface area contributed by atoms with Gasteiger partial charge in [0.05, 0.1) is 11.9 Å². The zero-order valence-corrected chi connectivity index (χ0v) is 7.67. The van der Waals surface area contributed by atoms with E-state index >= 15 is 0 Å². The summed E-state index contributed by atoms with van der Waals surface area (Å²) in [7, 11) is 0. The normalized spacial score (nSPS) is 10.0. The minimum Gasteiger partial charge on any atom is -0.289 e. The molecule has 4 nitrogen and oxygen atoms in total. The van der Waals surface area contributed by atoms with Crippen LogP contribution in [0.1, 0.15) is 5.69 Å². The Labute approximate surface area is 82.0 Å². The Bertz CT molecular complexity index is 419. The van der Waals surface area contributed by atoms with E-state index in [2.05, 4.69) is 21.5 Å². The molecule has 2 aromatic heterocycles. The second-order valence-electron chi connectivity index (χ2n) is 2.83. The average molecular weight is 186 g/mol. The molecule has 0 N–H and O–H groups in total. The molecule has 2 aromatic rings. The van der Waals surface area contributed by atoms with Crippen molar-refractivity contribution in [1.29, 1.82) is 0 Å². The fourth-order valence-corrected chi connectivity index (χ4v) is 1.17. The van der Waals surface area contributed by atoms with Gasteiger partial charge in [0.25, 0.3) is 0 Å². The monoisotopic (exact) mass is 186 g/mol. The van der Waals surface area contributed by atoms with E-state index in [1.165, 1.54) is 0 Å². The number of imidazole rings is 1. The lowest BCUT2D eigenvalue weighted by atomic mass is 10.3. The van der Waals surface area contributed by atoms with Crippen LogP contribution in [0.4, 0.5) is 0 Å². The van der Waals surface area contributed by atoms with Gasteiger partial charge in [0, 0.05) is 25.0 Å². The number of rotatable bonds is 3. The summed E-state index contributed by atoms with van der Waals surface area (Å²) >= 11 is 0. The standard InChI is InChI=1S/C10H10N4/c1-2-3-9-7-14(8-13-9)10-6-11-4-5-12-10/h2,4-8H,1,3H2. The van der Waals surface area contributed by atoms with Crippen molar-refractivity contribution in [3.05, 3.63) is 49.5 Å². The molecule has 2 rings (SSSR count). The largest absolute Gasteiger partial charge is 0.289 e. The number of aromatic nitrogens is 4. The molecule has 0 aromatic carbocycles. The molecule has 0 fully saturated rings. The summed E-state index contributed by atoms with van der Waals surface area (Å²) in [4.78, 5) is 12.3. The first-order valence-corrected chi connectivity index (χ1v) is 4.30. The molecule has 0 radical (unpaired) electrons. The van der Waals surface area contributed by atoms with E-state index in [9.17, 15) is 0 Å². The van der Waals surface area contributed by atoms with Crippen LogP contribution in [0.15, 0.2) is 43.8 Å². The van der Waals surface area contributed by atoms with Crippen LogP contribution >= 0.6 is 0 Å². The first-order valence-electron chi connectivity index (χ1n) is 4.30. The third-order valence-electron chi connectivity index (χ3n) is 1.80. The predicted molar refractivity (Wildman–Crippen MR) is 53.1 cm³/mol. The molecule has 0 saturated carbocycles. The molecular weight excluding hydrogens is 176 g/mol. The fourth-order valence-electron chi connectivity index (χ4n) is 1.17. The van der Waals surface area contributed by atoms with Gasteiger partial charge in [-0.2, -0.15) is 0 Å². The van der Waals surface area contributed by atoms with E-state index in [1.54, 1.807) is 24.9 Å². The van der Waals surface area contributed by atoms with Gasteiger partial charge in [-0.3, -0.25) is 9.55 Å². The molecule has 14 heavy (non-hydrogen) atoms. The van der Waals surface area contributed by atoms with Gasteiger partial charge >= 0.3 is 0 Å². The lowest BCUT2D eigenvalue weighted by Crippen LogP contribution is -1.93. The Morgan fingerprint density at radius 1 is 1.36 bits per heavy atom. The van der Waals surface area contributed by atoms with Gasteiger partial charge in [-0.25, -0.2) is 9.97 Å². The Morgan fingerprint density at radius 3 is 3.00 bits per heavy atom. The van der Waals surface area contributed by atoms with Gasteiger partial charge in [0.15, 0.2) is 5.82 Å². The first-order chi connectivity index (χ1) is 6.90. The van der Waals surface area contributed by atoms with Crippen molar-refractivity contribution in [2.45, 2.75) is 6.42 Å². The summed E-state index contributed by atoms with van der Waals surface area (Å²) in [6.45, 7) is 3.66. The smallest absolute Gasteiger partial charge is 0.156 e. The van der Waals surface area contributed by atoms with Crippen molar-refractivity contribution in [1.82, 2.24) is 19.5 Å². The summed E-state index contributed by atoms with van der Waals surface area (Å²) < 4.78 is 1.84. The van der Waals surface area contributed by atoms with Crippen LogP contribution in [0.25, 0.3) is 5.82 Å². The maximum absolute atomic E-state index is 4.21. The van der Waals surface area contributed by atoms with Crippen LogP contribution in [0, 0.1) is 0 Å². The highest BCUT2D eigenvalue weighted by atomic mass is 15.1. The molecular formula is C10H10N4. The molecule has 0 aliphatic heterocycles. The van der Waals surface area contributed by atoms with E-state index < -0.39 is 0 Å². The Hall–Kier alpha value is -1.97. The quantitative estimate of drug-likeness (QED) is 0.680. The maximum atomic E-state index is 4.21. The molecule has 0 spiro atoms. The molecule has 0 unspecified atom stereocenters. The van der Waals surface area contributed by atoms with Crippen molar-refractivity contribution >= 4 is 0 Å². The summed E-state index contributed by atoms with van der Waals surface area (Å²) in [5, 5.41) is 0. The molecule has 0 saturated heterocycles. The first kappa shape index (κ1) is 8.62. The highest BCUT2D eigenvalue weighted by Gasteiger charge is 1.99. The van der Waals surface area contributed by atoms with Gasteiger partial charge in [-0.1, -0.05) is 6.08 Å². The van der Waals surface area contributed by atoms with Crippen molar-refractivity contribution in [2.75, 3.05) is 0 Å². The SMILES string of the molecule is C=CCc1cn(-c2cnccn2)cn1. The Morgan fingerprint density at radius 2 is 2.29 bits per heavy atom. The topological polar surface area (TPSA) is 43.6 Å². The fraction of sp³-hybridized carbons (Fsp3) is 0.100. The molecule has 0 atom stereocenters. The third kappa shape index (κ3) is 1.69. The zero-order valence-electron chi connectivity index (χ0n) is 7.67. The number of allylic oxidation sites excluding steroid dienone is 1. The lowest BCUT2D eigenvalue weighted by molar-refractivity contribution is 0.970. The van der Waals surface area contributed by atoms with Gasteiger partial charge < -0.3 is 0 Å². The maximum Gasteiger partial charge on any atom is 0.156 e. The van der Waals surface area contributed by atoms with Crippen molar-refractivity contribution in [2.24, 2.45) is 0 Å². The number of nitrogens with zero attached hydrogens (tertiary/aromatic N) is 4. The highest BCUT2D eigenvalue weighted by Crippen LogP contribution is 2.04. The number of hydrogen-bond donors (Lipinski definition) is 0. The van der Waals surface area contributed by atoms with Crippen molar-refractivity contribution in [3.8, 4) is 5.82 Å². The van der Waals surface area contributed by atoms with Crippen LogP contribution in [0.3, 0.4) is 0 Å². The van der Waals surface area contributed by atoms with Crippen LogP contribution < -0.4 is 0 Å². The van der Waals surface area contributed by atoms with E-state index in [4.69, 9.17) is 0 Å². The molecule has 4 heteroatoms. The average Bonchev–Trinajstić information content (AvgIpc) is 2.68. The summed E-state index contributed by atoms with van der Waals surface area (Å²) in [6.07, 6.45) is 11.2. The van der Waals surface area contributed by atoms with Crippen molar-refractivity contribution < 1.29 is 0 Å². The molecule has 70 valence electrons. The van der Waals surface area contributed by atoms with Crippen LogP contribution in [0.2, 0.25) is 0 Å². The van der Waals surface area contributed by atoms with Gasteiger partial charge in [0.1, 0.15) is 6.33 Å². The number of hydrogen-bond acceptors (Lipinski definition) is 3. The van der Waals surface area contributed by atoms with Crippen molar-refractivity contribution in [3.63, 3.8) is 0 Å². The second kappa shape index (κ2) is 3.83. The molecule has 0 aliphatic carbocycles. The van der Waals surface area contributed by atoms with Crippen LogP contribution in [-0.4, -0.2) is 19.5 Å². The van der Waals surface area contributed by atoms with E-state index in [0.717, 1.165) is 17.9 Å². The van der Waals surface area contributed by atoms with Gasteiger partial charge in [0.2, 0.25) is 0 Å². The van der Waals surface area contributed by atoms with Crippen LogP contribution in [-0.2, 0) is 6.42 Å². The van der Waals surface area contributed by atoms with Crippen LogP contribution in [0.5, 0.6) is 0 Å². The molecule has 0 aliphatic rings. The van der Waals surface area contributed by atoms with E-state index in [0.29, 0.717) is 0 Å².